The first kappa shape index (κ1) is 13.7. The molecule has 19 heavy (non-hydrogen) atoms. The van der Waals surface area contributed by atoms with Crippen LogP contribution in [0.1, 0.15) is 30.3 Å². The Bertz CT molecular complexity index is 522. The molecule has 4 nitrogen and oxygen atoms in total. The van der Waals surface area contributed by atoms with Gasteiger partial charge < -0.3 is 5.11 Å². The summed E-state index contributed by atoms with van der Waals surface area (Å²) in [5, 5.41) is 14.2. The molecule has 0 aliphatic carbocycles. The SMILES string of the molecule is CCn1ncnc1CC(O)CCc1cccc(C)c1. The van der Waals surface area contributed by atoms with Crippen LogP contribution in [0.25, 0.3) is 0 Å². The second kappa shape index (κ2) is 6.48. The lowest BCUT2D eigenvalue weighted by atomic mass is 10.0. The highest BCUT2D eigenvalue weighted by molar-refractivity contribution is 5.22. The van der Waals surface area contributed by atoms with Gasteiger partial charge in [-0.3, -0.25) is 4.68 Å². The minimum atomic E-state index is -0.366. The van der Waals surface area contributed by atoms with Gasteiger partial charge in [-0.05, 0) is 32.3 Å². The first-order valence-electron chi connectivity index (χ1n) is 6.79. The smallest absolute Gasteiger partial charge is 0.138 e. The average Bonchev–Trinajstić information content (AvgIpc) is 2.84. The van der Waals surface area contributed by atoms with Gasteiger partial charge in [0, 0.05) is 13.0 Å². The van der Waals surface area contributed by atoms with E-state index in [1.54, 1.807) is 6.33 Å². The van der Waals surface area contributed by atoms with Crippen LogP contribution in [0.3, 0.4) is 0 Å². The molecular weight excluding hydrogens is 238 g/mol. The van der Waals surface area contributed by atoms with E-state index in [2.05, 4.69) is 41.3 Å². The summed E-state index contributed by atoms with van der Waals surface area (Å²) in [4.78, 5) is 4.19. The Kier molecular flexibility index (Phi) is 4.68. The van der Waals surface area contributed by atoms with Gasteiger partial charge in [0.05, 0.1) is 6.10 Å². The predicted molar refractivity (Wildman–Crippen MR) is 74.9 cm³/mol. The maximum absolute atomic E-state index is 10.1. The Morgan fingerprint density at radius 2 is 2.21 bits per heavy atom. The van der Waals surface area contributed by atoms with E-state index in [1.165, 1.54) is 11.1 Å². The van der Waals surface area contributed by atoms with Crippen molar-refractivity contribution in [2.45, 2.75) is 45.8 Å². The van der Waals surface area contributed by atoms with E-state index in [0.29, 0.717) is 6.42 Å². The molecule has 1 unspecified atom stereocenters. The second-order valence-electron chi connectivity index (χ2n) is 4.88. The molecule has 1 atom stereocenters. The Balaban J connectivity index is 1.86. The Labute approximate surface area is 114 Å². The maximum atomic E-state index is 10.1. The highest BCUT2D eigenvalue weighted by Gasteiger charge is 2.10. The molecule has 0 fully saturated rings. The van der Waals surface area contributed by atoms with Crippen molar-refractivity contribution < 1.29 is 5.11 Å². The van der Waals surface area contributed by atoms with Gasteiger partial charge >= 0.3 is 0 Å². The minimum Gasteiger partial charge on any atom is -0.393 e. The van der Waals surface area contributed by atoms with Crippen LogP contribution in [0.4, 0.5) is 0 Å². The molecular formula is C15H21N3O. The summed E-state index contributed by atoms with van der Waals surface area (Å²) >= 11 is 0. The van der Waals surface area contributed by atoms with E-state index in [1.807, 2.05) is 11.6 Å². The normalized spacial score (nSPS) is 12.6. The van der Waals surface area contributed by atoms with E-state index in [-0.39, 0.29) is 6.10 Å². The van der Waals surface area contributed by atoms with E-state index in [9.17, 15) is 5.11 Å². The van der Waals surface area contributed by atoms with Crippen molar-refractivity contribution in [2.24, 2.45) is 0 Å². The molecule has 0 radical (unpaired) electrons. The van der Waals surface area contributed by atoms with Gasteiger partial charge in [-0.15, -0.1) is 0 Å². The third kappa shape index (κ3) is 3.89. The van der Waals surface area contributed by atoms with Crippen LogP contribution >= 0.6 is 0 Å². The molecule has 102 valence electrons. The lowest BCUT2D eigenvalue weighted by Crippen LogP contribution is -2.16. The molecule has 1 aromatic heterocycles. The van der Waals surface area contributed by atoms with Crippen LogP contribution < -0.4 is 0 Å². The summed E-state index contributed by atoms with van der Waals surface area (Å²) < 4.78 is 1.83. The molecule has 1 N–H and O–H groups in total. The highest BCUT2D eigenvalue weighted by Crippen LogP contribution is 2.10. The zero-order valence-electron chi connectivity index (χ0n) is 11.6. The minimum absolute atomic E-state index is 0.366. The molecule has 4 heteroatoms. The van der Waals surface area contributed by atoms with Crippen molar-refractivity contribution in [3.05, 3.63) is 47.5 Å². The number of aromatic nitrogens is 3. The van der Waals surface area contributed by atoms with E-state index >= 15 is 0 Å². The molecule has 2 rings (SSSR count). The standard InChI is InChI=1S/C15H21N3O/c1-3-18-15(16-11-17-18)10-14(19)8-7-13-6-4-5-12(2)9-13/h4-6,9,11,14,19H,3,7-8,10H2,1-2H3. The zero-order valence-corrected chi connectivity index (χ0v) is 11.6. The fourth-order valence-corrected chi connectivity index (χ4v) is 2.22. The van der Waals surface area contributed by atoms with Crippen LogP contribution in [0, 0.1) is 6.92 Å². The lowest BCUT2D eigenvalue weighted by molar-refractivity contribution is 0.161. The van der Waals surface area contributed by atoms with E-state index in [4.69, 9.17) is 0 Å². The molecule has 0 aliphatic rings. The van der Waals surface area contributed by atoms with Crippen molar-refractivity contribution in [2.75, 3.05) is 0 Å². The molecule has 1 heterocycles. The third-order valence-electron chi connectivity index (χ3n) is 3.26. The number of nitrogens with zero attached hydrogens (tertiary/aromatic N) is 3. The second-order valence-corrected chi connectivity index (χ2v) is 4.88. The fourth-order valence-electron chi connectivity index (χ4n) is 2.22. The molecule has 0 spiro atoms. The highest BCUT2D eigenvalue weighted by atomic mass is 16.3. The number of aliphatic hydroxyl groups excluding tert-OH is 1. The van der Waals surface area contributed by atoms with Crippen LogP contribution in [0.15, 0.2) is 30.6 Å². The number of rotatable bonds is 6. The molecule has 2 aromatic rings. The predicted octanol–water partition coefficient (Wildman–Crippen LogP) is 2.14. The fraction of sp³-hybridized carbons (Fsp3) is 0.467. The topological polar surface area (TPSA) is 50.9 Å². The zero-order chi connectivity index (χ0) is 13.7. The molecule has 0 saturated heterocycles. The summed E-state index contributed by atoms with van der Waals surface area (Å²) in [6.45, 7) is 4.90. The number of aryl methyl sites for hydroxylation is 3. The van der Waals surface area contributed by atoms with Gasteiger partial charge in [0.1, 0.15) is 12.2 Å². The lowest BCUT2D eigenvalue weighted by Gasteiger charge is -2.11. The van der Waals surface area contributed by atoms with Gasteiger partial charge in [-0.25, -0.2) is 4.98 Å². The number of benzene rings is 1. The first-order valence-corrected chi connectivity index (χ1v) is 6.79. The molecule has 0 saturated carbocycles. The van der Waals surface area contributed by atoms with Gasteiger partial charge in [0.15, 0.2) is 0 Å². The summed E-state index contributed by atoms with van der Waals surface area (Å²) in [6, 6.07) is 8.42. The van der Waals surface area contributed by atoms with Crippen molar-refractivity contribution >= 4 is 0 Å². The van der Waals surface area contributed by atoms with Crippen LogP contribution in [0.2, 0.25) is 0 Å². The maximum Gasteiger partial charge on any atom is 0.138 e. The Morgan fingerprint density at radius 1 is 1.37 bits per heavy atom. The summed E-state index contributed by atoms with van der Waals surface area (Å²) in [7, 11) is 0. The van der Waals surface area contributed by atoms with Crippen LogP contribution in [-0.2, 0) is 19.4 Å². The van der Waals surface area contributed by atoms with Crippen molar-refractivity contribution in [3.8, 4) is 0 Å². The number of aliphatic hydroxyl groups is 1. The molecule has 1 aromatic carbocycles. The van der Waals surface area contributed by atoms with Gasteiger partial charge in [-0.2, -0.15) is 5.10 Å². The average molecular weight is 259 g/mol. The van der Waals surface area contributed by atoms with Crippen molar-refractivity contribution in [3.63, 3.8) is 0 Å². The van der Waals surface area contributed by atoms with E-state index in [0.717, 1.165) is 25.2 Å². The van der Waals surface area contributed by atoms with Gasteiger partial charge in [0.2, 0.25) is 0 Å². The monoisotopic (exact) mass is 259 g/mol. The summed E-state index contributed by atoms with van der Waals surface area (Å²) in [5.41, 5.74) is 2.54. The van der Waals surface area contributed by atoms with Crippen molar-refractivity contribution in [1.29, 1.82) is 0 Å². The molecule has 0 amide bonds. The third-order valence-corrected chi connectivity index (χ3v) is 3.26. The van der Waals surface area contributed by atoms with Crippen LogP contribution in [-0.4, -0.2) is 26.0 Å². The largest absolute Gasteiger partial charge is 0.393 e. The summed E-state index contributed by atoms with van der Waals surface area (Å²) in [6.07, 6.45) is 3.39. The first-order chi connectivity index (χ1) is 9.19. The molecule has 0 aliphatic heterocycles. The van der Waals surface area contributed by atoms with Crippen LogP contribution in [0.5, 0.6) is 0 Å². The molecule has 0 bridgehead atoms. The number of hydrogen-bond acceptors (Lipinski definition) is 3. The van der Waals surface area contributed by atoms with Crippen molar-refractivity contribution in [1.82, 2.24) is 14.8 Å². The quantitative estimate of drug-likeness (QED) is 0.864. The van der Waals surface area contributed by atoms with Gasteiger partial charge in [0.25, 0.3) is 0 Å². The number of hydrogen-bond donors (Lipinski definition) is 1. The summed E-state index contributed by atoms with van der Waals surface area (Å²) in [5.74, 6) is 0.860. The van der Waals surface area contributed by atoms with E-state index < -0.39 is 0 Å². The van der Waals surface area contributed by atoms with Gasteiger partial charge in [-0.1, -0.05) is 29.8 Å². The Morgan fingerprint density at radius 3 is 2.95 bits per heavy atom. The Hall–Kier alpha value is -1.68.